The van der Waals surface area contributed by atoms with Gasteiger partial charge in [-0.3, -0.25) is 4.79 Å². The lowest BCUT2D eigenvalue weighted by molar-refractivity contribution is -0.682. The fourth-order valence-corrected chi connectivity index (χ4v) is 2.20. The third-order valence-electron chi connectivity index (χ3n) is 3.70. The summed E-state index contributed by atoms with van der Waals surface area (Å²) >= 11 is 0. The molecule has 0 aliphatic heterocycles. The minimum atomic E-state index is -0.252. The Bertz CT molecular complexity index is 626. The van der Waals surface area contributed by atoms with E-state index >= 15 is 0 Å². The van der Waals surface area contributed by atoms with Crippen LogP contribution in [0.4, 0.5) is 4.39 Å². The lowest BCUT2D eigenvalue weighted by Gasteiger charge is -2.11. The van der Waals surface area contributed by atoms with Crippen LogP contribution in [0.25, 0.3) is 0 Å². The highest BCUT2D eigenvalue weighted by atomic mass is 19.1. The second-order valence-electron chi connectivity index (χ2n) is 5.40. The van der Waals surface area contributed by atoms with Crippen LogP contribution in [-0.4, -0.2) is 19.6 Å². The van der Waals surface area contributed by atoms with Crippen LogP contribution in [0.2, 0.25) is 0 Å². The number of ether oxygens (including phenoxy) is 1. The summed E-state index contributed by atoms with van der Waals surface area (Å²) in [6.07, 6.45) is 0. The molecular weight excluding hydrogens is 295 g/mol. The van der Waals surface area contributed by atoms with E-state index in [0.717, 1.165) is 16.9 Å². The minimum absolute atomic E-state index is 0.0326. The van der Waals surface area contributed by atoms with E-state index in [1.165, 1.54) is 12.1 Å². The highest BCUT2D eigenvalue weighted by molar-refractivity contribution is 5.76. The zero-order valence-corrected chi connectivity index (χ0v) is 13.4. The molecule has 3 N–H and O–H groups in total. The van der Waals surface area contributed by atoms with Crippen molar-refractivity contribution in [2.45, 2.75) is 19.5 Å². The molecule has 1 atom stereocenters. The predicted octanol–water partition coefficient (Wildman–Crippen LogP) is 1.78. The average Bonchev–Trinajstić information content (AvgIpc) is 2.59. The molecule has 23 heavy (non-hydrogen) atoms. The number of carbonyl (C=O) groups is 1. The number of methoxy groups -OCH3 is 1. The van der Waals surface area contributed by atoms with Gasteiger partial charge in [0.05, 0.1) is 7.11 Å². The Morgan fingerprint density at radius 1 is 1.17 bits per heavy atom. The van der Waals surface area contributed by atoms with E-state index < -0.39 is 0 Å². The second-order valence-corrected chi connectivity index (χ2v) is 5.40. The van der Waals surface area contributed by atoms with Crippen molar-refractivity contribution in [3.63, 3.8) is 0 Å². The van der Waals surface area contributed by atoms with Gasteiger partial charge in [-0.2, -0.15) is 0 Å². The minimum Gasteiger partial charge on any atom is -0.497 e. The Hall–Kier alpha value is -2.40. The normalized spacial score (nSPS) is 11.8. The van der Waals surface area contributed by atoms with Gasteiger partial charge in [0.1, 0.15) is 17.6 Å². The predicted molar refractivity (Wildman–Crippen MR) is 86.4 cm³/mol. The van der Waals surface area contributed by atoms with Crippen molar-refractivity contribution in [1.29, 1.82) is 0 Å². The molecule has 0 aliphatic carbocycles. The Morgan fingerprint density at radius 2 is 1.83 bits per heavy atom. The summed E-state index contributed by atoms with van der Waals surface area (Å²) in [4.78, 5) is 11.9. The van der Waals surface area contributed by atoms with Gasteiger partial charge in [0.25, 0.3) is 5.91 Å². The number of carbonyl (C=O) groups excluding carboxylic acids is 1. The van der Waals surface area contributed by atoms with E-state index in [9.17, 15) is 9.18 Å². The van der Waals surface area contributed by atoms with Crippen molar-refractivity contribution in [2.24, 2.45) is 0 Å². The van der Waals surface area contributed by atoms with E-state index in [1.54, 1.807) is 19.2 Å². The number of amides is 1. The largest absolute Gasteiger partial charge is 0.497 e. The van der Waals surface area contributed by atoms with Crippen LogP contribution >= 0.6 is 0 Å². The smallest absolute Gasteiger partial charge is 0.275 e. The molecule has 4 nitrogen and oxygen atoms in total. The van der Waals surface area contributed by atoms with Crippen molar-refractivity contribution < 1.29 is 19.2 Å². The Morgan fingerprint density at radius 3 is 2.43 bits per heavy atom. The first kappa shape index (κ1) is 17.0. The molecule has 0 saturated carbocycles. The van der Waals surface area contributed by atoms with Gasteiger partial charge in [0.15, 0.2) is 6.54 Å². The number of nitrogens with two attached hydrogens (primary N) is 1. The van der Waals surface area contributed by atoms with Gasteiger partial charge in [-0.1, -0.05) is 24.3 Å². The maximum absolute atomic E-state index is 12.9. The second kappa shape index (κ2) is 8.29. The van der Waals surface area contributed by atoms with Crippen LogP contribution in [-0.2, 0) is 11.3 Å². The quantitative estimate of drug-likeness (QED) is 0.818. The third kappa shape index (κ3) is 5.38. The van der Waals surface area contributed by atoms with Crippen LogP contribution in [0, 0.1) is 5.82 Å². The molecule has 1 amide bonds. The molecule has 0 bridgehead atoms. The molecule has 122 valence electrons. The van der Waals surface area contributed by atoms with Crippen molar-refractivity contribution in [3.8, 4) is 5.75 Å². The average molecular weight is 317 g/mol. The highest BCUT2D eigenvalue weighted by Crippen LogP contribution is 2.11. The molecule has 0 radical (unpaired) electrons. The van der Waals surface area contributed by atoms with Gasteiger partial charge in [0, 0.05) is 12.1 Å². The summed E-state index contributed by atoms with van der Waals surface area (Å²) in [5.74, 6) is 0.509. The molecular formula is C18H22FN2O2+. The molecule has 0 heterocycles. The van der Waals surface area contributed by atoms with Gasteiger partial charge in [-0.05, 0) is 36.8 Å². The van der Waals surface area contributed by atoms with Gasteiger partial charge >= 0.3 is 0 Å². The first-order valence-electron chi connectivity index (χ1n) is 7.57. The Balaban J connectivity index is 1.74. The van der Waals surface area contributed by atoms with E-state index in [1.807, 2.05) is 36.5 Å². The summed E-state index contributed by atoms with van der Waals surface area (Å²) in [6.45, 7) is 2.81. The zero-order valence-electron chi connectivity index (χ0n) is 13.4. The summed E-state index contributed by atoms with van der Waals surface area (Å²) in [5, 5.41) is 4.81. The molecule has 0 saturated heterocycles. The fraction of sp³-hybridized carbons (Fsp3) is 0.278. The molecule has 0 aliphatic rings. The van der Waals surface area contributed by atoms with E-state index in [2.05, 4.69) is 5.32 Å². The fourth-order valence-electron chi connectivity index (χ4n) is 2.20. The number of hydrogen-bond donors (Lipinski definition) is 2. The van der Waals surface area contributed by atoms with Crippen LogP contribution in [0.5, 0.6) is 5.75 Å². The molecule has 2 rings (SSSR count). The first-order valence-corrected chi connectivity index (χ1v) is 7.57. The van der Waals surface area contributed by atoms with E-state index in [4.69, 9.17) is 4.74 Å². The highest BCUT2D eigenvalue weighted by Gasteiger charge is 2.11. The topological polar surface area (TPSA) is 54.9 Å². The molecule has 2 aromatic rings. The van der Waals surface area contributed by atoms with Crippen LogP contribution < -0.4 is 15.4 Å². The van der Waals surface area contributed by atoms with Crippen molar-refractivity contribution in [1.82, 2.24) is 5.32 Å². The van der Waals surface area contributed by atoms with Crippen LogP contribution in [0.15, 0.2) is 48.5 Å². The molecule has 0 unspecified atom stereocenters. The first-order chi connectivity index (χ1) is 11.1. The van der Waals surface area contributed by atoms with Crippen LogP contribution in [0.3, 0.4) is 0 Å². The molecule has 0 aromatic heterocycles. The standard InChI is InChI=1S/C18H21FN2O2/c1-13(15-5-7-16(19)8-6-15)20-12-18(22)21-11-14-3-9-17(23-2)10-4-14/h3-10,13,20H,11-12H2,1-2H3,(H,21,22)/p+1/t13-/m1/s1. The monoisotopic (exact) mass is 317 g/mol. The summed E-state index contributed by atoms with van der Waals surface area (Å²) in [5.41, 5.74) is 2.01. The molecule has 0 fully saturated rings. The van der Waals surface area contributed by atoms with E-state index in [0.29, 0.717) is 13.1 Å². The summed E-state index contributed by atoms with van der Waals surface area (Å²) < 4.78 is 18.0. The van der Waals surface area contributed by atoms with Gasteiger partial charge in [-0.25, -0.2) is 4.39 Å². The molecule has 0 spiro atoms. The number of nitrogens with one attached hydrogen (secondary N) is 1. The molecule has 5 heteroatoms. The number of halogens is 1. The van der Waals surface area contributed by atoms with Crippen LogP contribution in [0.1, 0.15) is 24.1 Å². The molecule has 2 aromatic carbocycles. The number of quaternary nitrogens is 1. The van der Waals surface area contributed by atoms with Gasteiger partial charge in [0.2, 0.25) is 0 Å². The van der Waals surface area contributed by atoms with Crippen molar-refractivity contribution in [3.05, 3.63) is 65.5 Å². The van der Waals surface area contributed by atoms with Crippen molar-refractivity contribution >= 4 is 5.91 Å². The van der Waals surface area contributed by atoms with Gasteiger partial charge in [-0.15, -0.1) is 0 Å². The number of hydrogen-bond acceptors (Lipinski definition) is 2. The lowest BCUT2D eigenvalue weighted by Crippen LogP contribution is -2.87. The number of rotatable bonds is 7. The zero-order chi connectivity index (χ0) is 16.7. The Kier molecular flexibility index (Phi) is 6.11. The SMILES string of the molecule is COc1ccc(CNC(=O)C[NH2+][C@H](C)c2ccc(F)cc2)cc1. The maximum Gasteiger partial charge on any atom is 0.275 e. The Labute approximate surface area is 135 Å². The maximum atomic E-state index is 12.9. The number of benzene rings is 2. The van der Waals surface area contributed by atoms with Gasteiger partial charge < -0.3 is 15.4 Å². The summed E-state index contributed by atoms with van der Waals surface area (Å²) in [6, 6.07) is 14.0. The summed E-state index contributed by atoms with van der Waals surface area (Å²) in [7, 11) is 1.62. The lowest BCUT2D eigenvalue weighted by atomic mass is 10.1. The van der Waals surface area contributed by atoms with E-state index in [-0.39, 0.29) is 17.8 Å². The third-order valence-corrected chi connectivity index (χ3v) is 3.70. The van der Waals surface area contributed by atoms with Crippen molar-refractivity contribution in [2.75, 3.05) is 13.7 Å².